The van der Waals surface area contributed by atoms with Crippen LogP contribution in [0.3, 0.4) is 0 Å². The van der Waals surface area contributed by atoms with Crippen LogP contribution < -0.4 is 0 Å². The van der Waals surface area contributed by atoms with E-state index in [0.717, 1.165) is 12.8 Å². The number of carboxylic acid groups (broad SMARTS) is 1. The highest BCUT2D eigenvalue weighted by Gasteiger charge is 2.36. The molecular formula is C12H20O2. The summed E-state index contributed by atoms with van der Waals surface area (Å²) in [5, 5.41) is 8.86. The van der Waals surface area contributed by atoms with E-state index in [0.29, 0.717) is 5.92 Å². The maximum atomic E-state index is 10.8. The Morgan fingerprint density at radius 3 is 2.50 bits per heavy atom. The summed E-state index contributed by atoms with van der Waals surface area (Å²) in [6.45, 7) is 8.55. The third-order valence-corrected chi connectivity index (χ3v) is 3.57. The van der Waals surface area contributed by atoms with E-state index in [4.69, 9.17) is 5.11 Å². The third kappa shape index (κ3) is 1.99. The maximum absolute atomic E-state index is 10.8. The van der Waals surface area contributed by atoms with Crippen LogP contribution in [-0.2, 0) is 4.79 Å². The second-order valence-corrected chi connectivity index (χ2v) is 4.94. The zero-order valence-corrected chi connectivity index (χ0v) is 9.55. The Morgan fingerprint density at radius 1 is 1.57 bits per heavy atom. The summed E-state index contributed by atoms with van der Waals surface area (Å²) >= 11 is 0. The van der Waals surface area contributed by atoms with Crippen molar-refractivity contribution < 1.29 is 9.90 Å². The van der Waals surface area contributed by atoms with Gasteiger partial charge in [0, 0.05) is 0 Å². The molecule has 2 nitrogen and oxygen atoms in total. The van der Waals surface area contributed by atoms with Crippen molar-refractivity contribution in [3.63, 3.8) is 0 Å². The molecule has 0 radical (unpaired) electrons. The van der Waals surface area contributed by atoms with Gasteiger partial charge in [0.25, 0.3) is 0 Å². The first-order valence-electron chi connectivity index (χ1n) is 5.29. The topological polar surface area (TPSA) is 37.3 Å². The van der Waals surface area contributed by atoms with E-state index in [2.05, 4.69) is 27.7 Å². The normalized spacial score (nSPS) is 27.5. The molecule has 0 heterocycles. The van der Waals surface area contributed by atoms with Crippen LogP contribution in [0, 0.1) is 11.3 Å². The van der Waals surface area contributed by atoms with Crippen molar-refractivity contribution in [3.05, 3.63) is 11.1 Å². The minimum absolute atomic E-state index is 0.0918. The van der Waals surface area contributed by atoms with Crippen LogP contribution in [0.4, 0.5) is 0 Å². The molecule has 0 bridgehead atoms. The molecule has 14 heavy (non-hydrogen) atoms. The molecule has 1 unspecified atom stereocenters. The lowest BCUT2D eigenvalue weighted by atomic mass is 9.80. The van der Waals surface area contributed by atoms with Gasteiger partial charge in [-0.15, -0.1) is 0 Å². The smallest absolute Gasteiger partial charge is 0.304 e. The predicted octanol–water partition coefficient (Wildman–Crippen LogP) is 3.23. The second-order valence-electron chi connectivity index (χ2n) is 4.94. The van der Waals surface area contributed by atoms with Gasteiger partial charge in [-0.3, -0.25) is 4.79 Å². The van der Waals surface area contributed by atoms with Crippen molar-refractivity contribution in [1.29, 1.82) is 0 Å². The number of aliphatic carboxylic acids is 1. The van der Waals surface area contributed by atoms with E-state index < -0.39 is 5.97 Å². The molecule has 0 saturated carbocycles. The number of hydrogen-bond donors (Lipinski definition) is 1. The fraction of sp³-hybridized carbons (Fsp3) is 0.750. The highest BCUT2D eigenvalue weighted by molar-refractivity contribution is 5.68. The predicted molar refractivity (Wildman–Crippen MR) is 57.1 cm³/mol. The fourth-order valence-corrected chi connectivity index (χ4v) is 2.45. The Bertz CT molecular complexity index is 276. The molecule has 80 valence electrons. The van der Waals surface area contributed by atoms with Gasteiger partial charge in [-0.25, -0.2) is 0 Å². The Kier molecular flexibility index (Phi) is 3.03. The van der Waals surface area contributed by atoms with Gasteiger partial charge in [-0.05, 0) is 31.1 Å². The number of carbonyl (C=O) groups is 1. The molecule has 0 aliphatic heterocycles. The average Bonchev–Trinajstić information content (AvgIpc) is 2.27. The van der Waals surface area contributed by atoms with Gasteiger partial charge in [0.05, 0.1) is 6.42 Å². The average molecular weight is 196 g/mol. The van der Waals surface area contributed by atoms with Gasteiger partial charge in [0.1, 0.15) is 0 Å². The first-order valence-corrected chi connectivity index (χ1v) is 5.29. The number of carboxylic acids is 1. The molecule has 1 atom stereocenters. The molecule has 0 spiro atoms. The zero-order valence-electron chi connectivity index (χ0n) is 9.55. The number of hydrogen-bond acceptors (Lipinski definition) is 1. The summed E-state index contributed by atoms with van der Waals surface area (Å²) in [7, 11) is 0. The Balaban J connectivity index is 2.89. The molecule has 1 N–H and O–H groups in total. The molecule has 1 aliphatic rings. The molecule has 1 rings (SSSR count). The summed E-state index contributed by atoms with van der Waals surface area (Å²) < 4.78 is 0. The van der Waals surface area contributed by atoms with Crippen LogP contribution in [0.2, 0.25) is 0 Å². The summed E-state index contributed by atoms with van der Waals surface area (Å²) in [4.78, 5) is 10.8. The zero-order chi connectivity index (χ0) is 10.9. The largest absolute Gasteiger partial charge is 0.481 e. The molecule has 0 amide bonds. The highest BCUT2D eigenvalue weighted by Crippen LogP contribution is 2.46. The Labute approximate surface area is 86.0 Å². The van der Waals surface area contributed by atoms with Crippen LogP contribution in [0.15, 0.2) is 11.1 Å². The molecule has 0 aromatic heterocycles. The molecule has 0 aromatic rings. The summed E-state index contributed by atoms with van der Waals surface area (Å²) in [6, 6.07) is 0. The van der Waals surface area contributed by atoms with Crippen molar-refractivity contribution >= 4 is 5.97 Å². The summed E-state index contributed by atoms with van der Waals surface area (Å²) in [5.41, 5.74) is 2.69. The quantitative estimate of drug-likeness (QED) is 0.703. The van der Waals surface area contributed by atoms with E-state index in [1.165, 1.54) is 11.1 Å². The van der Waals surface area contributed by atoms with Crippen molar-refractivity contribution in [1.82, 2.24) is 0 Å². The van der Waals surface area contributed by atoms with E-state index in [1.807, 2.05) is 0 Å². The van der Waals surface area contributed by atoms with Gasteiger partial charge in [0.2, 0.25) is 0 Å². The van der Waals surface area contributed by atoms with Crippen LogP contribution in [0.1, 0.15) is 47.0 Å². The van der Waals surface area contributed by atoms with Crippen molar-refractivity contribution in [2.75, 3.05) is 0 Å². The van der Waals surface area contributed by atoms with Gasteiger partial charge >= 0.3 is 5.97 Å². The monoisotopic (exact) mass is 196 g/mol. The SMILES string of the molecule is CC1=C(C(C)C)CCC1(C)CC(=O)O. The van der Waals surface area contributed by atoms with E-state index in [-0.39, 0.29) is 11.8 Å². The first kappa shape index (κ1) is 11.3. The van der Waals surface area contributed by atoms with Crippen molar-refractivity contribution in [2.45, 2.75) is 47.0 Å². The van der Waals surface area contributed by atoms with Crippen molar-refractivity contribution in [2.24, 2.45) is 11.3 Å². The number of allylic oxidation sites excluding steroid dienone is 2. The van der Waals surface area contributed by atoms with Crippen molar-refractivity contribution in [3.8, 4) is 0 Å². The fourth-order valence-electron chi connectivity index (χ4n) is 2.45. The molecule has 1 aliphatic carbocycles. The molecule has 0 aromatic carbocycles. The minimum Gasteiger partial charge on any atom is -0.481 e. The maximum Gasteiger partial charge on any atom is 0.304 e. The van der Waals surface area contributed by atoms with E-state index >= 15 is 0 Å². The molecule has 0 saturated heterocycles. The highest BCUT2D eigenvalue weighted by atomic mass is 16.4. The standard InChI is InChI=1S/C12H20O2/c1-8(2)10-5-6-12(4,9(10)3)7-11(13)14/h8H,5-7H2,1-4H3,(H,13,14). The van der Waals surface area contributed by atoms with E-state index in [9.17, 15) is 4.79 Å². The van der Waals surface area contributed by atoms with Crippen LogP contribution in [0.5, 0.6) is 0 Å². The van der Waals surface area contributed by atoms with E-state index in [1.54, 1.807) is 0 Å². The lowest BCUT2D eigenvalue weighted by Crippen LogP contribution is -2.19. The molecule has 0 fully saturated rings. The van der Waals surface area contributed by atoms with Crippen LogP contribution in [-0.4, -0.2) is 11.1 Å². The second kappa shape index (κ2) is 3.76. The van der Waals surface area contributed by atoms with Gasteiger partial charge < -0.3 is 5.11 Å². The third-order valence-electron chi connectivity index (χ3n) is 3.57. The Morgan fingerprint density at radius 2 is 2.14 bits per heavy atom. The van der Waals surface area contributed by atoms with Gasteiger partial charge in [-0.1, -0.05) is 31.9 Å². The molecular weight excluding hydrogens is 176 g/mol. The Hall–Kier alpha value is -0.790. The lowest BCUT2D eigenvalue weighted by molar-refractivity contribution is -0.139. The minimum atomic E-state index is -0.683. The first-order chi connectivity index (χ1) is 6.37. The molecule has 2 heteroatoms. The lowest BCUT2D eigenvalue weighted by Gasteiger charge is -2.24. The summed E-state index contributed by atoms with van der Waals surface area (Å²) in [6.07, 6.45) is 2.35. The summed E-state index contributed by atoms with van der Waals surface area (Å²) in [5.74, 6) is -0.123. The number of rotatable bonds is 3. The van der Waals surface area contributed by atoms with Gasteiger partial charge in [0.15, 0.2) is 0 Å². The van der Waals surface area contributed by atoms with Crippen LogP contribution >= 0.6 is 0 Å². The van der Waals surface area contributed by atoms with Crippen LogP contribution in [0.25, 0.3) is 0 Å². The van der Waals surface area contributed by atoms with Gasteiger partial charge in [-0.2, -0.15) is 0 Å².